The zero-order valence-electron chi connectivity index (χ0n) is 16.2. The van der Waals surface area contributed by atoms with Gasteiger partial charge in [0.15, 0.2) is 0 Å². The maximum absolute atomic E-state index is 12.5. The first kappa shape index (κ1) is 21.6. The zero-order chi connectivity index (χ0) is 19.1. The number of carbonyl (C=O) groups excluding carboxylic acids is 2. The molecule has 1 rings (SSSR count). The third-order valence-corrected chi connectivity index (χ3v) is 5.23. The van der Waals surface area contributed by atoms with Gasteiger partial charge in [0.25, 0.3) is 5.97 Å². The minimum absolute atomic E-state index is 0.215. The molecular formula is C18H31NO4Si2. The lowest BCUT2D eigenvalue weighted by Gasteiger charge is -2.26. The van der Waals surface area contributed by atoms with Crippen LogP contribution in [0.3, 0.4) is 0 Å². The van der Waals surface area contributed by atoms with E-state index in [4.69, 9.17) is 9.16 Å². The van der Waals surface area contributed by atoms with Gasteiger partial charge in [-0.3, -0.25) is 9.59 Å². The second-order valence-electron chi connectivity index (χ2n) is 8.17. The van der Waals surface area contributed by atoms with Crippen LogP contribution < -0.4 is 4.98 Å². The minimum atomic E-state index is -1.90. The van der Waals surface area contributed by atoms with Crippen LogP contribution in [0.2, 0.25) is 39.3 Å². The van der Waals surface area contributed by atoms with E-state index in [-0.39, 0.29) is 25.0 Å². The third-order valence-electron chi connectivity index (χ3n) is 3.17. The predicted molar refractivity (Wildman–Crippen MR) is 105 cm³/mol. The average molecular weight is 382 g/mol. The summed E-state index contributed by atoms with van der Waals surface area (Å²) in [6.07, 6.45) is 0.605. The van der Waals surface area contributed by atoms with Crippen molar-refractivity contribution in [1.29, 1.82) is 0 Å². The molecule has 0 heterocycles. The maximum Gasteiger partial charge on any atom is 0.322 e. The molecule has 0 aliphatic heterocycles. The Morgan fingerprint density at radius 3 is 2.16 bits per heavy atom. The summed E-state index contributed by atoms with van der Waals surface area (Å²) in [6, 6.07) is 9.09. The molecule has 0 aromatic heterocycles. The van der Waals surface area contributed by atoms with Gasteiger partial charge in [-0.15, -0.1) is 0 Å². The lowest BCUT2D eigenvalue weighted by atomic mass is 10.2. The standard InChI is InChI=1S/C18H31NO4Si2/c1-24(2,3)19-16(12-13-17(20)23-25(4,5)6)18(21)22-14-15-10-8-7-9-11-15/h7-11,16,19H,12-14H2,1-6H3/t16-/m0/s1. The van der Waals surface area contributed by atoms with E-state index in [1.807, 2.05) is 50.0 Å². The number of nitrogens with one attached hydrogen (secondary N) is 1. The molecule has 0 amide bonds. The molecule has 1 aromatic carbocycles. The Labute approximate surface area is 153 Å². The summed E-state index contributed by atoms with van der Waals surface area (Å²) >= 11 is 0. The van der Waals surface area contributed by atoms with E-state index in [2.05, 4.69) is 24.6 Å². The quantitative estimate of drug-likeness (QED) is 0.522. The van der Waals surface area contributed by atoms with Gasteiger partial charge in [0.2, 0.25) is 8.32 Å². The van der Waals surface area contributed by atoms with Gasteiger partial charge in [-0.05, 0) is 31.6 Å². The number of benzene rings is 1. The fourth-order valence-electron chi connectivity index (χ4n) is 2.26. The number of hydrogen-bond donors (Lipinski definition) is 1. The largest absolute Gasteiger partial charge is 0.520 e. The highest BCUT2D eigenvalue weighted by atomic mass is 28.4. The van der Waals surface area contributed by atoms with Gasteiger partial charge < -0.3 is 14.1 Å². The molecule has 7 heteroatoms. The van der Waals surface area contributed by atoms with Crippen LogP contribution in [0.25, 0.3) is 0 Å². The molecule has 0 aliphatic carbocycles. The Hall–Kier alpha value is -1.45. The molecule has 0 spiro atoms. The lowest BCUT2D eigenvalue weighted by Crippen LogP contribution is -2.52. The highest BCUT2D eigenvalue weighted by Crippen LogP contribution is 2.11. The van der Waals surface area contributed by atoms with Gasteiger partial charge in [-0.2, -0.15) is 0 Å². The Morgan fingerprint density at radius 1 is 1.04 bits per heavy atom. The number of rotatable bonds is 9. The van der Waals surface area contributed by atoms with Crippen LogP contribution in [0, 0.1) is 0 Å². The predicted octanol–water partition coefficient (Wildman–Crippen LogP) is 3.68. The average Bonchev–Trinajstić information content (AvgIpc) is 2.47. The molecule has 25 heavy (non-hydrogen) atoms. The molecule has 0 saturated heterocycles. The van der Waals surface area contributed by atoms with E-state index in [9.17, 15) is 9.59 Å². The first-order valence-corrected chi connectivity index (χ1v) is 15.6. The summed E-state index contributed by atoms with van der Waals surface area (Å²) in [7, 11) is -3.61. The molecule has 0 aliphatic rings. The van der Waals surface area contributed by atoms with Crippen molar-refractivity contribution in [2.45, 2.75) is 64.8 Å². The van der Waals surface area contributed by atoms with Crippen LogP contribution in [0.5, 0.6) is 0 Å². The van der Waals surface area contributed by atoms with E-state index in [0.29, 0.717) is 6.42 Å². The maximum atomic E-state index is 12.5. The lowest BCUT2D eigenvalue weighted by molar-refractivity contribution is -0.147. The van der Waals surface area contributed by atoms with E-state index in [1.165, 1.54) is 0 Å². The van der Waals surface area contributed by atoms with Gasteiger partial charge in [0.1, 0.15) is 20.9 Å². The van der Waals surface area contributed by atoms with Crippen molar-refractivity contribution < 1.29 is 18.8 Å². The SMILES string of the molecule is C[Si](C)(C)N[C@@H](CCC(=O)O[Si](C)(C)C)C(=O)OCc1ccccc1. The molecule has 140 valence electrons. The van der Waals surface area contributed by atoms with Crippen LogP contribution in [0.15, 0.2) is 30.3 Å². The molecule has 0 bridgehead atoms. The first-order valence-electron chi connectivity index (χ1n) is 8.66. The Balaban J connectivity index is 2.62. The molecule has 1 atom stereocenters. The summed E-state index contributed by atoms with van der Waals surface area (Å²) in [5.41, 5.74) is 0.945. The van der Waals surface area contributed by atoms with Crippen LogP contribution >= 0.6 is 0 Å². The topological polar surface area (TPSA) is 64.6 Å². The monoisotopic (exact) mass is 381 g/mol. The molecule has 1 N–H and O–H groups in total. The molecule has 5 nitrogen and oxygen atoms in total. The smallest absolute Gasteiger partial charge is 0.322 e. The highest BCUT2D eigenvalue weighted by Gasteiger charge is 2.28. The number of esters is 1. The van der Waals surface area contributed by atoms with Crippen molar-refractivity contribution >= 4 is 28.5 Å². The second-order valence-corrected chi connectivity index (χ2v) is 17.4. The van der Waals surface area contributed by atoms with Crippen molar-refractivity contribution in [2.24, 2.45) is 0 Å². The summed E-state index contributed by atoms with van der Waals surface area (Å²) in [4.78, 5) is 27.8. The molecule has 0 saturated carbocycles. The van der Waals surface area contributed by atoms with Crippen molar-refractivity contribution in [2.75, 3.05) is 0 Å². The van der Waals surface area contributed by atoms with Gasteiger partial charge >= 0.3 is 5.97 Å². The molecule has 0 fully saturated rings. The molecule has 0 unspecified atom stereocenters. The minimum Gasteiger partial charge on any atom is -0.520 e. The summed E-state index contributed by atoms with van der Waals surface area (Å²) in [6.45, 7) is 12.5. The number of hydrogen-bond acceptors (Lipinski definition) is 5. The van der Waals surface area contributed by atoms with Crippen molar-refractivity contribution in [3.05, 3.63) is 35.9 Å². The van der Waals surface area contributed by atoms with Crippen molar-refractivity contribution in [1.82, 2.24) is 4.98 Å². The normalized spacial score (nSPS) is 13.2. The van der Waals surface area contributed by atoms with Gasteiger partial charge in [0.05, 0.1) is 0 Å². The fraction of sp³-hybridized carbons (Fsp3) is 0.556. The van der Waals surface area contributed by atoms with E-state index in [0.717, 1.165) is 5.56 Å². The van der Waals surface area contributed by atoms with Gasteiger partial charge in [-0.25, -0.2) is 0 Å². The van der Waals surface area contributed by atoms with Crippen LogP contribution in [-0.2, 0) is 25.4 Å². The van der Waals surface area contributed by atoms with E-state index >= 15 is 0 Å². The van der Waals surface area contributed by atoms with Crippen LogP contribution in [0.4, 0.5) is 0 Å². The van der Waals surface area contributed by atoms with Crippen molar-refractivity contribution in [3.63, 3.8) is 0 Å². The van der Waals surface area contributed by atoms with Gasteiger partial charge in [0, 0.05) is 6.42 Å². The van der Waals surface area contributed by atoms with E-state index in [1.54, 1.807) is 0 Å². The number of ether oxygens (including phenoxy) is 1. The van der Waals surface area contributed by atoms with Crippen molar-refractivity contribution in [3.8, 4) is 0 Å². The Bertz CT molecular complexity index is 565. The zero-order valence-corrected chi connectivity index (χ0v) is 18.2. The van der Waals surface area contributed by atoms with Crippen LogP contribution in [0.1, 0.15) is 18.4 Å². The summed E-state index contributed by atoms with van der Waals surface area (Å²) in [5, 5.41) is 0. The molecule has 1 aromatic rings. The molecular weight excluding hydrogens is 350 g/mol. The highest BCUT2D eigenvalue weighted by molar-refractivity contribution is 6.73. The van der Waals surface area contributed by atoms with E-state index < -0.39 is 22.6 Å². The summed E-state index contributed by atoms with van der Waals surface area (Å²) < 4.78 is 10.9. The first-order chi connectivity index (χ1) is 11.5. The van der Waals surface area contributed by atoms with Gasteiger partial charge in [-0.1, -0.05) is 50.0 Å². The van der Waals surface area contributed by atoms with Crippen LogP contribution in [-0.4, -0.2) is 34.5 Å². The fourth-order valence-corrected chi connectivity index (χ4v) is 4.35. The Kier molecular flexibility index (Phi) is 8.04. The summed E-state index contributed by atoms with van der Waals surface area (Å²) in [5.74, 6) is -0.551. The Morgan fingerprint density at radius 2 is 1.64 bits per heavy atom. The second kappa shape index (κ2) is 9.31. The third kappa shape index (κ3) is 10.2. The number of carbonyl (C=O) groups is 2. The molecule has 0 radical (unpaired) electrons.